The first-order valence-electron chi connectivity index (χ1n) is 8.05. The number of anilines is 1. The van der Waals surface area contributed by atoms with E-state index in [1.165, 1.54) is 0 Å². The van der Waals surface area contributed by atoms with Gasteiger partial charge in [0.1, 0.15) is 12.4 Å². The van der Waals surface area contributed by atoms with Crippen LogP contribution in [0.1, 0.15) is 17.0 Å². The minimum absolute atomic E-state index is 0.112. The second-order valence-corrected chi connectivity index (χ2v) is 6.24. The summed E-state index contributed by atoms with van der Waals surface area (Å²) in [6.45, 7) is 3.60. The fourth-order valence-corrected chi connectivity index (χ4v) is 3.35. The molecule has 0 aliphatic carbocycles. The van der Waals surface area contributed by atoms with Gasteiger partial charge in [-0.1, -0.05) is 18.2 Å². The lowest BCUT2D eigenvalue weighted by Gasteiger charge is -2.28. The summed E-state index contributed by atoms with van der Waals surface area (Å²) in [6.07, 6.45) is 0.722. The highest BCUT2D eigenvalue weighted by Gasteiger charge is 2.23. The van der Waals surface area contributed by atoms with Crippen LogP contribution in [-0.2, 0) is 24.3 Å². The van der Waals surface area contributed by atoms with Crippen molar-refractivity contribution < 1.29 is 4.79 Å². The van der Waals surface area contributed by atoms with E-state index in [9.17, 15) is 4.79 Å². The third-order valence-corrected chi connectivity index (χ3v) is 4.62. The van der Waals surface area contributed by atoms with Gasteiger partial charge >= 0.3 is 0 Å². The number of nitrogens with zero attached hydrogens (tertiary/aromatic N) is 4. The maximum atomic E-state index is 12.8. The predicted molar refractivity (Wildman–Crippen MR) is 92.2 cm³/mol. The highest BCUT2D eigenvalue weighted by Crippen LogP contribution is 2.21. The summed E-state index contributed by atoms with van der Waals surface area (Å²) in [7, 11) is 0. The van der Waals surface area contributed by atoms with Crippen molar-refractivity contribution >= 4 is 22.6 Å². The molecule has 0 radical (unpaired) electrons. The first-order valence-corrected chi connectivity index (χ1v) is 8.05. The van der Waals surface area contributed by atoms with Crippen LogP contribution in [0.3, 0.4) is 0 Å². The number of nitrogen functional groups attached to an aromatic ring is 1. The van der Waals surface area contributed by atoms with Crippen LogP contribution >= 0.6 is 0 Å². The quantitative estimate of drug-likeness (QED) is 0.782. The third kappa shape index (κ3) is 2.50. The van der Waals surface area contributed by atoms with E-state index < -0.39 is 0 Å². The fourth-order valence-electron chi connectivity index (χ4n) is 3.35. The molecule has 0 saturated carbocycles. The van der Waals surface area contributed by atoms with Gasteiger partial charge in [0.05, 0.1) is 5.69 Å². The molecule has 24 heavy (non-hydrogen) atoms. The van der Waals surface area contributed by atoms with E-state index in [0.29, 0.717) is 25.5 Å². The van der Waals surface area contributed by atoms with E-state index in [1.807, 2.05) is 30.0 Å². The molecule has 4 rings (SSSR count). The van der Waals surface area contributed by atoms with Crippen molar-refractivity contribution in [1.82, 2.24) is 19.7 Å². The van der Waals surface area contributed by atoms with E-state index in [-0.39, 0.29) is 5.91 Å². The second-order valence-electron chi connectivity index (χ2n) is 6.24. The molecule has 0 bridgehead atoms. The third-order valence-electron chi connectivity index (χ3n) is 4.62. The lowest BCUT2D eigenvalue weighted by Crippen LogP contribution is -2.38. The Morgan fingerprint density at radius 3 is 2.96 bits per heavy atom. The van der Waals surface area contributed by atoms with Crippen LogP contribution in [-0.4, -0.2) is 32.1 Å². The van der Waals surface area contributed by atoms with E-state index in [1.54, 1.807) is 0 Å². The SMILES string of the molecule is Cc1cc2ccccc2n1CC(=O)N1CCc2nnc(N)cc2C1. The van der Waals surface area contributed by atoms with Crippen molar-refractivity contribution in [1.29, 1.82) is 0 Å². The van der Waals surface area contributed by atoms with Crippen LogP contribution in [0.15, 0.2) is 36.4 Å². The molecule has 0 unspecified atom stereocenters. The minimum atomic E-state index is 0.112. The average molecular weight is 321 g/mol. The Hall–Kier alpha value is -2.89. The van der Waals surface area contributed by atoms with Gasteiger partial charge in [0, 0.05) is 30.7 Å². The first-order chi connectivity index (χ1) is 11.6. The van der Waals surface area contributed by atoms with Gasteiger partial charge in [-0.25, -0.2) is 0 Å². The maximum absolute atomic E-state index is 12.8. The number of carbonyl (C=O) groups is 1. The van der Waals surface area contributed by atoms with Crippen molar-refractivity contribution in [3.05, 3.63) is 53.3 Å². The van der Waals surface area contributed by atoms with Crippen LogP contribution in [0.25, 0.3) is 10.9 Å². The lowest BCUT2D eigenvalue weighted by molar-refractivity contribution is -0.132. The van der Waals surface area contributed by atoms with Gasteiger partial charge in [-0.3, -0.25) is 4.79 Å². The number of rotatable bonds is 2. The molecule has 1 amide bonds. The number of para-hydroxylation sites is 1. The summed E-state index contributed by atoms with van der Waals surface area (Å²) in [6, 6.07) is 12.1. The largest absolute Gasteiger partial charge is 0.382 e. The Morgan fingerprint density at radius 1 is 1.25 bits per heavy atom. The number of aryl methyl sites for hydroxylation is 1. The molecule has 122 valence electrons. The molecule has 0 atom stereocenters. The zero-order chi connectivity index (χ0) is 16.7. The van der Waals surface area contributed by atoms with Crippen LogP contribution < -0.4 is 5.73 Å². The second kappa shape index (κ2) is 5.63. The van der Waals surface area contributed by atoms with Crippen LogP contribution in [0.4, 0.5) is 5.82 Å². The fraction of sp³-hybridized carbons (Fsp3) is 0.278. The number of hydrogen-bond acceptors (Lipinski definition) is 4. The number of amides is 1. The van der Waals surface area contributed by atoms with Gasteiger partial charge in [0.25, 0.3) is 0 Å². The maximum Gasteiger partial charge on any atom is 0.242 e. The lowest BCUT2D eigenvalue weighted by atomic mass is 10.1. The van der Waals surface area contributed by atoms with Crippen molar-refractivity contribution in [3.8, 4) is 0 Å². The molecule has 1 aliphatic rings. The molecule has 0 fully saturated rings. The van der Waals surface area contributed by atoms with E-state index in [4.69, 9.17) is 5.73 Å². The normalized spacial score (nSPS) is 14.0. The number of hydrogen-bond donors (Lipinski definition) is 1. The monoisotopic (exact) mass is 321 g/mol. The van der Waals surface area contributed by atoms with Gasteiger partial charge < -0.3 is 15.2 Å². The van der Waals surface area contributed by atoms with E-state index in [0.717, 1.165) is 34.3 Å². The summed E-state index contributed by atoms with van der Waals surface area (Å²) in [5.74, 6) is 0.510. The van der Waals surface area contributed by atoms with Crippen molar-refractivity contribution in [2.45, 2.75) is 26.4 Å². The number of fused-ring (bicyclic) bond motifs is 2. The van der Waals surface area contributed by atoms with Gasteiger partial charge in [-0.2, -0.15) is 5.10 Å². The molecular formula is C18H19N5O. The molecule has 0 saturated heterocycles. The highest BCUT2D eigenvalue weighted by molar-refractivity contribution is 5.84. The standard InChI is InChI=1S/C18H19N5O/c1-12-8-13-4-2-3-5-16(13)23(12)11-18(24)22-7-6-15-14(10-22)9-17(19)21-20-15/h2-5,8-9H,6-7,10-11H2,1H3,(H2,19,21). The molecule has 6 nitrogen and oxygen atoms in total. The number of benzene rings is 1. The Bertz CT molecular complexity index is 930. The molecule has 1 aliphatic heterocycles. The summed E-state index contributed by atoms with van der Waals surface area (Å²) in [5, 5.41) is 9.18. The van der Waals surface area contributed by atoms with Crippen LogP contribution in [0.2, 0.25) is 0 Å². The molecule has 2 N–H and O–H groups in total. The first kappa shape index (κ1) is 14.7. The Labute approximate surface area is 139 Å². The summed E-state index contributed by atoms with van der Waals surface area (Å²) in [4.78, 5) is 14.7. The minimum Gasteiger partial charge on any atom is -0.382 e. The van der Waals surface area contributed by atoms with Gasteiger partial charge in [-0.15, -0.1) is 5.10 Å². The topological polar surface area (TPSA) is 77.0 Å². The van der Waals surface area contributed by atoms with Crippen LogP contribution in [0.5, 0.6) is 0 Å². The summed E-state index contributed by atoms with van der Waals surface area (Å²) >= 11 is 0. The summed E-state index contributed by atoms with van der Waals surface area (Å²) in [5.41, 5.74) is 9.84. The zero-order valence-corrected chi connectivity index (χ0v) is 13.6. The molecular weight excluding hydrogens is 302 g/mol. The Morgan fingerprint density at radius 2 is 2.08 bits per heavy atom. The Kier molecular flexibility index (Phi) is 3.45. The van der Waals surface area contributed by atoms with Gasteiger partial charge in [-0.05, 0) is 36.1 Å². The molecule has 2 aromatic heterocycles. The van der Waals surface area contributed by atoms with Crippen LogP contribution in [0, 0.1) is 6.92 Å². The number of carbonyl (C=O) groups excluding carboxylic acids is 1. The highest BCUT2D eigenvalue weighted by atomic mass is 16.2. The number of aromatic nitrogens is 3. The zero-order valence-electron chi connectivity index (χ0n) is 13.6. The number of nitrogens with two attached hydrogens (primary N) is 1. The van der Waals surface area contributed by atoms with Gasteiger partial charge in [0.15, 0.2) is 0 Å². The molecule has 3 heterocycles. The van der Waals surface area contributed by atoms with E-state index >= 15 is 0 Å². The Balaban J connectivity index is 1.57. The predicted octanol–water partition coefficient (Wildman–Crippen LogP) is 1.91. The summed E-state index contributed by atoms with van der Waals surface area (Å²) < 4.78 is 2.08. The van der Waals surface area contributed by atoms with Gasteiger partial charge in [0.2, 0.25) is 5.91 Å². The van der Waals surface area contributed by atoms with Crippen molar-refractivity contribution in [2.24, 2.45) is 0 Å². The molecule has 3 aromatic rings. The van der Waals surface area contributed by atoms with Crippen molar-refractivity contribution in [2.75, 3.05) is 12.3 Å². The smallest absolute Gasteiger partial charge is 0.242 e. The molecule has 1 aromatic carbocycles. The van der Waals surface area contributed by atoms with Crippen molar-refractivity contribution in [3.63, 3.8) is 0 Å². The average Bonchev–Trinajstić information content (AvgIpc) is 2.90. The molecule has 0 spiro atoms. The van der Waals surface area contributed by atoms with E-state index in [2.05, 4.69) is 33.0 Å². The molecule has 6 heteroatoms.